The molecule has 0 unspecified atom stereocenters. The van der Waals surface area contributed by atoms with E-state index in [1.165, 1.54) is 0 Å². The lowest BCUT2D eigenvalue weighted by atomic mass is 10.3. The second-order valence-corrected chi connectivity index (χ2v) is 4.65. The van der Waals surface area contributed by atoms with Crippen LogP contribution in [0.15, 0.2) is 24.3 Å². The van der Waals surface area contributed by atoms with E-state index in [0.717, 1.165) is 12.8 Å². The van der Waals surface area contributed by atoms with E-state index in [2.05, 4.69) is 16.0 Å². The van der Waals surface area contributed by atoms with Crippen LogP contribution in [-0.2, 0) is 4.79 Å². The summed E-state index contributed by atoms with van der Waals surface area (Å²) >= 11 is 0. The Morgan fingerprint density at radius 2 is 1.90 bits per heavy atom. The van der Waals surface area contributed by atoms with E-state index in [1.54, 1.807) is 19.2 Å². The summed E-state index contributed by atoms with van der Waals surface area (Å²) < 4.78 is 5.14. The first kappa shape index (κ1) is 14.2. The van der Waals surface area contributed by atoms with Gasteiger partial charge in [-0.3, -0.25) is 4.79 Å². The molecule has 3 N–H and O–H groups in total. The van der Waals surface area contributed by atoms with E-state index < -0.39 is 0 Å². The molecule has 0 saturated heterocycles. The maximum Gasteiger partial charge on any atom is 0.319 e. The first-order valence-corrected chi connectivity index (χ1v) is 6.66. The molecule has 6 nitrogen and oxygen atoms in total. The van der Waals surface area contributed by atoms with Gasteiger partial charge in [0.2, 0.25) is 5.91 Å². The van der Waals surface area contributed by atoms with Crippen molar-refractivity contribution in [1.82, 2.24) is 10.6 Å². The van der Waals surface area contributed by atoms with Gasteiger partial charge in [-0.2, -0.15) is 0 Å². The van der Waals surface area contributed by atoms with Gasteiger partial charge in [-0.25, -0.2) is 4.79 Å². The smallest absolute Gasteiger partial charge is 0.319 e. The Morgan fingerprint density at radius 1 is 1.20 bits per heavy atom. The molecule has 2 rings (SSSR count). The van der Waals surface area contributed by atoms with Crippen LogP contribution in [-0.4, -0.2) is 32.1 Å². The van der Waals surface area contributed by atoms with Gasteiger partial charge in [-0.1, -0.05) is 12.1 Å². The number of anilines is 1. The van der Waals surface area contributed by atoms with Gasteiger partial charge in [0.1, 0.15) is 5.75 Å². The second kappa shape index (κ2) is 6.79. The molecule has 20 heavy (non-hydrogen) atoms. The van der Waals surface area contributed by atoms with Crippen molar-refractivity contribution in [2.24, 2.45) is 5.92 Å². The highest BCUT2D eigenvalue weighted by atomic mass is 16.5. The second-order valence-electron chi connectivity index (χ2n) is 4.65. The van der Waals surface area contributed by atoms with E-state index in [1.807, 2.05) is 12.1 Å². The number of ether oxygens (including phenoxy) is 1. The van der Waals surface area contributed by atoms with Crippen molar-refractivity contribution >= 4 is 17.6 Å². The van der Waals surface area contributed by atoms with Crippen LogP contribution in [0.1, 0.15) is 12.8 Å². The highest BCUT2D eigenvalue weighted by Crippen LogP contribution is 2.28. The molecule has 1 aliphatic carbocycles. The number of hydrogen-bond donors (Lipinski definition) is 3. The number of para-hydroxylation sites is 2. The molecule has 0 atom stereocenters. The van der Waals surface area contributed by atoms with Gasteiger partial charge in [-0.05, 0) is 25.0 Å². The van der Waals surface area contributed by atoms with Crippen molar-refractivity contribution in [2.45, 2.75) is 12.8 Å². The van der Waals surface area contributed by atoms with Gasteiger partial charge in [0.25, 0.3) is 0 Å². The lowest BCUT2D eigenvalue weighted by Crippen LogP contribution is -2.37. The SMILES string of the molecule is COc1ccccc1NC(=O)NCCNC(=O)C1CC1. The highest BCUT2D eigenvalue weighted by molar-refractivity contribution is 5.90. The van der Waals surface area contributed by atoms with Crippen LogP contribution in [0.25, 0.3) is 0 Å². The first-order chi connectivity index (χ1) is 9.70. The molecule has 1 saturated carbocycles. The Bertz CT molecular complexity index is 486. The topological polar surface area (TPSA) is 79.5 Å². The molecule has 0 aromatic heterocycles. The molecule has 108 valence electrons. The van der Waals surface area contributed by atoms with E-state index in [9.17, 15) is 9.59 Å². The third-order valence-electron chi connectivity index (χ3n) is 3.01. The zero-order valence-electron chi connectivity index (χ0n) is 11.4. The van der Waals surface area contributed by atoms with Crippen LogP contribution in [0.2, 0.25) is 0 Å². The summed E-state index contributed by atoms with van der Waals surface area (Å²) in [6, 6.07) is 6.84. The van der Waals surface area contributed by atoms with Crippen molar-refractivity contribution < 1.29 is 14.3 Å². The fourth-order valence-corrected chi connectivity index (χ4v) is 1.77. The Kier molecular flexibility index (Phi) is 4.81. The molecule has 0 aliphatic heterocycles. The van der Waals surface area contributed by atoms with Crippen LogP contribution in [0.4, 0.5) is 10.5 Å². The lowest BCUT2D eigenvalue weighted by molar-refractivity contribution is -0.122. The molecule has 1 aliphatic rings. The number of rotatable bonds is 6. The van der Waals surface area contributed by atoms with E-state index in [4.69, 9.17) is 4.74 Å². The Labute approximate surface area is 117 Å². The molecule has 3 amide bonds. The van der Waals surface area contributed by atoms with Gasteiger partial charge < -0.3 is 20.7 Å². The number of methoxy groups -OCH3 is 1. The number of nitrogens with one attached hydrogen (secondary N) is 3. The number of benzene rings is 1. The molecule has 1 aromatic carbocycles. The maximum absolute atomic E-state index is 11.7. The Hall–Kier alpha value is -2.24. The van der Waals surface area contributed by atoms with Crippen LogP contribution >= 0.6 is 0 Å². The quantitative estimate of drug-likeness (QED) is 0.687. The molecule has 0 heterocycles. The predicted octanol–water partition coefficient (Wildman–Crippen LogP) is 1.34. The summed E-state index contributed by atoms with van der Waals surface area (Å²) in [5.41, 5.74) is 0.606. The first-order valence-electron chi connectivity index (χ1n) is 6.66. The minimum Gasteiger partial charge on any atom is -0.495 e. The molecule has 1 aromatic rings. The zero-order chi connectivity index (χ0) is 14.4. The summed E-state index contributed by atoms with van der Waals surface area (Å²) in [5, 5.41) is 8.15. The summed E-state index contributed by atoms with van der Waals surface area (Å²) in [5.74, 6) is 0.874. The van der Waals surface area contributed by atoms with Crippen LogP contribution < -0.4 is 20.7 Å². The number of carbonyl (C=O) groups excluding carboxylic acids is 2. The molecule has 0 bridgehead atoms. The van der Waals surface area contributed by atoms with Crippen LogP contribution in [0.5, 0.6) is 5.75 Å². The zero-order valence-corrected chi connectivity index (χ0v) is 11.4. The van der Waals surface area contributed by atoms with Crippen molar-refractivity contribution in [2.75, 3.05) is 25.5 Å². The average molecular weight is 277 g/mol. The maximum atomic E-state index is 11.7. The third kappa shape index (κ3) is 4.15. The average Bonchev–Trinajstić information content (AvgIpc) is 3.28. The molecular formula is C14H19N3O3. The van der Waals surface area contributed by atoms with Crippen molar-refractivity contribution in [3.05, 3.63) is 24.3 Å². The van der Waals surface area contributed by atoms with E-state index in [0.29, 0.717) is 24.5 Å². The fourth-order valence-electron chi connectivity index (χ4n) is 1.77. The van der Waals surface area contributed by atoms with E-state index in [-0.39, 0.29) is 17.9 Å². The molecule has 1 fully saturated rings. The van der Waals surface area contributed by atoms with Gasteiger partial charge in [0.15, 0.2) is 0 Å². The standard InChI is InChI=1S/C14H19N3O3/c1-20-12-5-3-2-4-11(12)17-14(19)16-9-8-15-13(18)10-6-7-10/h2-5,10H,6-9H2,1H3,(H,15,18)(H2,16,17,19). The normalized spacial score (nSPS) is 13.4. The van der Waals surface area contributed by atoms with Crippen molar-refractivity contribution in [3.63, 3.8) is 0 Å². The van der Waals surface area contributed by atoms with Crippen LogP contribution in [0.3, 0.4) is 0 Å². The lowest BCUT2D eigenvalue weighted by Gasteiger charge is -2.11. The minimum atomic E-state index is -0.324. The highest BCUT2D eigenvalue weighted by Gasteiger charge is 2.28. The monoisotopic (exact) mass is 277 g/mol. The Morgan fingerprint density at radius 3 is 2.60 bits per heavy atom. The largest absolute Gasteiger partial charge is 0.495 e. The van der Waals surface area contributed by atoms with Crippen molar-refractivity contribution in [3.8, 4) is 5.75 Å². The van der Waals surface area contributed by atoms with E-state index >= 15 is 0 Å². The number of amides is 3. The number of hydrogen-bond acceptors (Lipinski definition) is 3. The van der Waals surface area contributed by atoms with Gasteiger partial charge in [0.05, 0.1) is 12.8 Å². The molecule has 6 heteroatoms. The summed E-state index contributed by atoms with van der Waals surface area (Å²) in [7, 11) is 1.55. The Balaban J connectivity index is 1.68. The molecule has 0 radical (unpaired) electrons. The number of carbonyl (C=O) groups is 2. The van der Waals surface area contributed by atoms with Gasteiger partial charge in [-0.15, -0.1) is 0 Å². The summed E-state index contributed by atoms with van der Waals surface area (Å²) in [6.45, 7) is 0.828. The third-order valence-corrected chi connectivity index (χ3v) is 3.01. The summed E-state index contributed by atoms with van der Waals surface area (Å²) in [6.07, 6.45) is 1.96. The van der Waals surface area contributed by atoms with Gasteiger partial charge in [0, 0.05) is 19.0 Å². The fraction of sp³-hybridized carbons (Fsp3) is 0.429. The minimum absolute atomic E-state index is 0.0805. The number of urea groups is 1. The predicted molar refractivity (Wildman–Crippen MR) is 75.7 cm³/mol. The van der Waals surface area contributed by atoms with Crippen molar-refractivity contribution in [1.29, 1.82) is 0 Å². The van der Waals surface area contributed by atoms with Crippen LogP contribution in [0, 0.1) is 5.92 Å². The van der Waals surface area contributed by atoms with Gasteiger partial charge >= 0.3 is 6.03 Å². The molecular weight excluding hydrogens is 258 g/mol. The molecule has 0 spiro atoms. The summed E-state index contributed by atoms with van der Waals surface area (Å²) in [4.78, 5) is 23.0.